The molecule has 2 rings (SSSR count). The van der Waals surface area contributed by atoms with E-state index in [2.05, 4.69) is 14.3 Å². The van der Waals surface area contributed by atoms with Crippen LogP contribution in [0.4, 0.5) is 4.39 Å². The van der Waals surface area contributed by atoms with Gasteiger partial charge in [-0.15, -0.1) is 0 Å². The van der Waals surface area contributed by atoms with Gasteiger partial charge in [-0.1, -0.05) is 6.07 Å². The lowest BCUT2D eigenvalue weighted by atomic mass is 10.2. The summed E-state index contributed by atoms with van der Waals surface area (Å²) in [5, 5.41) is 0.620. The molecular weight excluding hydrogens is 215 g/mol. The van der Waals surface area contributed by atoms with Gasteiger partial charge < -0.3 is 5.73 Å². The largest absolute Gasteiger partial charge is 0.326 e. The van der Waals surface area contributed by atoms with Gasteiger partial charge in [-0.25, -0.2) is 9.97 Å². The van der Waals surface area contributed by atoms with E-state index in [1.165, 1.54) is 11.5 Å². The lowest BCUT2D eigenvalue weighted by Crippen LogP contribution is -2.02. The van der Waals surface area contributed by atoms with Gasteiger partial charge in [-0.3, -0.25) is 0 Å². The first-order valence-corrected chi connectivity index (χ1v) is 5.14. The van der Waals surface area contributed by atoms with Crippen molar-refractivity contribution in [1.29, 1.82) is 0 Å². The van der Waals surface area contributed by atoms with Crippen molar-refractivity contribution in [3.8, 4) is 10.7 Å². The average molecular weight is 224 g/mol. The van der Waals surface area contributed by atoms with Gasteiger partial charge in [0, 0.05) is 12.1 Å². The molecule has 0 saturated carbocycles. The number of hydrogen-bond acceptors (Lipinski definition) is 5. The Labute approximate surface area is 90.2 Å². The third-order valence-electron chi connectivity index (χ3n) is 1.89. The Bertz CT molecular complexity index is 483. The van der Waals surface area contributed by atoms with E-state index in [4.69, 9.17) is 5.73 Å². The number of aromatic nitrogens is 3. The van der Waals surface area contributed by atoms with Crippen LogP contribution in [0.1, 0.15) is 11.4 Å². The van der Waals surface area contributed by atoms with Crippen LogP contribution in [0.15, 0.2) is 12.1 Å². The molecule has 2 heterocycles. The molecule has 15 heavy (non-hydrogen) atoms. The normalized spacial score (nSPS) is 10.6. The molecule has 0 amide bonds. The maximum Gasteiger partial charge on any atom is 0.218 e. The van der Waals surface area contributed by atoms with E-state index >= 15 is 0 Å². The minimum atomic E-state index is -0.539. The van der Waals surface area contributed by atoms with Crippen LogP contribution in [0, 0.1) is 12.9 Å². The van der Waals surface area contributed by atoms with Crippen LogP contribution >= 0.6 is 11.5 Å². The summed E-state index contributed by atoms with van der Waals surface area (Å²) in [6.07, 6.45) is 0. The highest BCUT2D eigenvalue weighted by Crippen LogP contribution is 2.20. The van der Waals surface area contributed by atoms with Crippen LogP contribution in [-0.4, -0.2) is 14.3 Å². The van der Waals surface area contributed by atoms with Crippen LogP contribution in [0.5, 0.6) is 0 Å². The van der Waals surface area contributed by atoms with E-state index in [1.807, 2.05) is 0 Å². The van der Waals surface area contributed by atoms with Crippen molar-refractivity contribution in [3.05, 3.63) is 29.5 Å². The highest BCUT2D eigenvalue weighted by atomic mass is 32.1. The third kappa shape index (κ3) is 2.00. The molecule has 0 radical (unpaired) electrons. The fourth-order valence-electron chi connectivity index (χ4n) is 1.14. The van der Waals surface area contributed by atoms with Gasteiger partial charge in [0.05, 0.1) is 0 Å². The summed E-state index contributed by atoms with van der Waals surface area (Å²) >= 11 is 1.20. The van der Waals surface area contributed by atoms with Gasteiger partial charge in [0.15, 0.2) is 5.01 Å². The van der Waals surface area contributed by atoms with Gasteiger partial charge >= 0.3 is 0 Å². The van der Waals surface area contributed by atoms with Crippen molar-refractivity contribution in [3.63, 3.8) is 0 Å². The lowest BCUT2D eigenvalue weighted by molar-refractivity contribution is 0.568. The molecular formula is C9H9FN4S. The molecule has 0 saturated heterocycles. The first-order chi connectivity index (χ1) is 7.20. The maximum absolute atomic E-state index is 13.3. The molecule has 0 aromatic carbocycles. The quantitative estimate of drug-likeness (QED) is 0.785. The van der Waals surface area contributed by atoms with E-state index in [-0.39, 0.29) is 6.54 Å². The van der Waals surface area contributed by atoms with E-state index in [1.54, 1.807) is 19.1 Å². The van der Waals surface area contributed by atoms with Crippen LogP contribution in [0.3, 0.4) is 0 Å². The highest BCUT2D eigenvalue weighted by molar-refractivity contribution is 7.09. The summed E-state index contributed by atoms with van der Waals surface area (Å²) in [5.41, 5.74) is 6.24. The fourth-order valence-corrected chi connectivity index (χ4v) is 1.78. The lowest BCUT2D eigenvalue weighted by Gasteiger charge is -1.99. The van der Waals surface area contributed by atoms with Crippen molar-refractivity contribution in [2.45, 2.75) is 13.5 Å². The van der Waals surface area contributed by atoms with Crippen LogP contribution in [0.2, 0.25) is 0 Å². The second-order valence-corrected chi connectivity index (χ2v) is 3.75. The Morgan fingerprint density at radius 2 is 2.20 bits per heavy atom. The molecule has 0 bridgehead atoms. The first-order valence-electron chi connectivity index (χ1n) is 4.37. The van der Waals surface area contributed by atoms with Gasteiger partial charge in [0.1, 0.15) is 11.5 Å². The van der Waals surface area contributed by atoms with Crippen molar-refractivity contribution in [1.82, 2.24) is 14.3 Å². The van der Waals surface area contributed by atoms with Gasteiger partial charge in [-0.05, 0) is 24.5 Å². The van der Waals surface area contributed by atoms with Gasteiger partial charge in [-0.2, -0.15) is 8.76 Å². The Balaban J connectivity index is 2.42. The average Bonchev–Trinajstić information content (AvgIpc) is 2.65. The molecule has 0 aliphatic heterocycles. The number of rotatable bonds is 2. The molecule has 0 unspecified atom stereocenters. The number of hydrogen-bond donors (Lipinski definition) is 1. The summed E-state index contributed by atoms with van der Waals surface area (Å²) < 4.78 is 17.3. The molecule has 2 N–H and O–H groups in total. The Kier molecular flexibility index (Phi) is 2.70. The molecule has 4 nitrogen and oxygen atoms in total. The van der Waals surface area contributed by atoms with Gasteiger partial charge in [0.25, 0.3) is 0 Å². The summed E-state index contributed by atoms with van der Waals surface area (Å²) in [6.45, 7) is 1.93. The van der Waals surface area contributed by atoms with Crippen molar-refractivity contribution in [2.24, 2.45) is 5.73 Å². The number of nitrogens with two attached hydrogens (primary N) is 1. The molecule has 78 valence electrons. The minimum Gasteiger partial charge on any atom is -0.326 e. The molecule has 2 aromatic heterocycles. The summed E-state index contributed by atoms with van der Waals surface area (Å²) in [6, 6.07) is 3.32. The zero-order chi connectivity index (χ0) is 10.8. The predicted octanol–water partition coefficient (Wildman–Crippen LogP) is 1.51. The zero-order valence-electron chi connectivity index (χ0n) is 8.07. The van der Waals surface area contributed by atoms with Crippen molar-refractivity contribution in [2.75, 3.05) is 0 Å². The smallest absolute Gasteiger partial charge is 0.218 e. The predicted molar refractivity (Wildman–Crippen MR) is 55.7 cm³/mol. The maximum atomic E-state index is 13.3. The molecule has 2 aromatic rings. The van der Waals surface area contributed by atoms with Crippen molar-refractivity contribution >= 4 is 11.5 Å². The van der Waals surface area contributed by atoms with E-state index in [0.29, 0.717) is 22.1 Å². The number of pyridine rings is 1. The van der Waals surface area contributed by atoms with Crippen LogP contribution in [0.25, 0.3) is 10.7 Å². The third-order valence-corrected chi connectivity index (χ3v) is 2.72. The first kappa shape index (κ1) is 10.1. The molecule has 0 aliphatic carbocycles. The second-order valence-electron chi connectivity index (χ2n) is 3.00. The van der Waals surface area contributed by atoms with Crippen LogP contribution < -0.4 is 5.73 Å². The molecule has 0 aliphatic rings. The topological polar surface area (TPSA) is 64.7 Å². The van der Waals surface area contributed by atoms with E-state index < -0.39 is 5.95 Å². The molecule has 0 fully saturated rings. The fraction of sp³-hybridized carbons (Fsp3) is 0.222. The Hall–Kier alpha value is -1.40. The molecule has 0 spiro atoms. The summed E-state index contributed by atoms with van der Waals surface area (Å²) in [4.78, 5) is 7.91. The van der Waals surface area contributed by atoms with E-state index in [9.17, 15) is 4.39 Å². The standard InChI is InChI=1S/C9H9FN4S/c1-5-12-9(15-14-5)7-3-2-6(4-11)8(10)13-7/h2-3H,4,11H2,1H3. The monoisotopic (exact) mass is 224 g/mol. The van der Waals surface area contributed by atoms with Crippen molar-refractivity contribution < 1.29 is 4.39 Å². The molecule has 0 atom stereocenters. The van der Waals surface area contributed by atoms with Gasteiger partial charge in [0.2, 0.25) is 5.95 Å². The second kappa shape index (κ2) is 4.00. The summed E-state index contributed by atoms with van der Waals surface area (Å²) in [7, 11) is 0. The number of nitrogens with zero attached hydrogens (tertiary/aromatic N) is 3. The van der Waals surface area contributed by atoms with Crippen LogP contribution in [-0.2, 0) is 6.54 Å². The highest BCUT2D eigenvalue weighted by Gasteiger charge is 2.08. The van der Waals surface area contributed by atoms with E-state index in [0.717, 1.165) is 0 Å². The molecule has 6 heteroatoms. The Morgan fingerprint density at radius 1 is 1.40 bits per heavy atom. The Morgan fingerprint density at radius 3 is 2.73 bits per heavy atom. The SMILES string of the molecule is Cc1nsc(-c2ccc(CN)c(F)n2)n1. The number of aryl methyl sites for hydroxylation is 1. The number of halogens is 1. The zero-order valence-corrected chi connectivity index (χ0v) is 8.88. The summed E-state index contributed by atoms with van der Waals surface area (Å²) in [5.74, 6) is 0.128. The minimum absolute atomic E-state index is 0.147.